The predicted molar refractivity (Wildman–Crippen MR) is 65.3 cm³/mol. The van der Waals surface area contributed by atoms with Gasteiger partial charge in [0.15, 0.2) is 0 Å². The molecular formula is C13H12F3NO3. The fourth-order valence-corrected chi connectivity index (χ4v) is 1.53. The summed E-state index contributed by atoms with van der Waals surface area (Å²) in [5, 5.41) is 9.23. The molecule has 1 aromatic rings. The van der Waals surface area contributed by atoms with Crippen molar-refractivity contribution in [3.8, 4) is 5.75 Å². The first-order valence-corrected chi connectivity index (χ1v) is 5.62. The maximum atomic E-state index is 12.5. The second kappa shape index (κ2) is 5.18. The summed E-state index contributed by atoms with van der Waals surface area (Å²) in [6.07, 6.45) is -1.40. The molecule has 1 aliphatic rings. The van der Waals surface area contributed by atoms with Gasteiger partial charge in [-0.2, -0.15) is 13.2 Å². The number of alkyl halides is 3. The average Bonchev–Trinajstić information content (AvgIpc) is 2.80. The van der Waals surface area contributed by atoms with Crippen LogP contribution in [0.2, 0.25) is 0 Å². The number of hydroxylamine groups is 1. The summed E-state index contributed by atoms with van der Waals surface area (Å²) in [6, 6.07) is 6.92. The minimum atomic E-state index is -4.91. The number of aliphatic hydroxyl groups is 1. The number of benzene rings is 1. The Morgan fingerprint density at radius 1 is 1.25 bits per heavy atom. The SMILES string of the molecule is COc1ccc(C=CC2=CC(O)(C(F)(F)F)ON2)cc1. The second-order valence-electron chi connectivity index (χ2n) is 4.10. The maximum Gasteiger partial charge on any atom is 0.449 e. The number of ether oxygens (including phenoxy) is 1. The van der Waals surface area contributed by atoms with E-state index in [1.54, 1.807) is 30.3 Å². The molecule has 108 valence electrons. The van der Waals surface area contributed by atoms with Crippen molar-refractivity contribution in [3.63, 3.8) is 0 Å². The zero-order chi connectivity index (χ0) is 14.8. The Labute approximate surface area is 113 Å². The zero-order valence-corrected chi connectivity index (χ0v) is 10.4. The van der Waals surface area contributed by atoms with Crippen molar-refractivity contribution < 1.29 is 27.9 Å². The van der Waals surface area contributed by atoms with E-state index < -0.39 is 12.0 Å². The van der Waals surface area contributed by atoms with Gasteiger partial charge in [0.05, 0.1) is 12.8 Å². The average molecular weight is 287 g/mol. The molecule has 0 bridgehead atoms. The molecule has 1 atom stereocenters. The van der Waals surface area contributed by atoms with Gasteiger partial charge in [-0.15, -0.1) is 0 Å². The maximum absolute atomic E-state index is 12.5. The Morgan fingerprint density at radius 2 is 1.90 bits per heavy atom. The molecule has 1 heterocycles. The summed E-state index contributed by atoms with van der Waals surface area (Å²) in [5.41, 5.74) is 2.80. The van der Waals surface area contributed by atoms with Crippen molar-refractivity contribution in [1.82, 2.24) is 5.48 Å². The first-order valence-electron chi connectivity index (χ1n) is 5.62. The normalized spacial score (nSPS) is 22.8. The third kappa shape index (κ3) is 2.94. The summed E-state index contributed by atoms with van der Waals surface area (Å²) in [6.45, 7) is 0. The molecule has 0 aliphatic carbocycles. The Balaban J connectivity index is 2.10. The summed E-state index contributed by atoms with van der Waals surface area (Å²) >= 11 is 0. The van der Waals surface area contributed by atoms with E-state index in [2.05, 4.69) is 4.84 Å². The molecule has 1 aromatic carbocycles. The van der Waals surface area contributed by atoms with Gasteiger partial charge in [0.25, 0.3) is 0 Å². The van der Waals surface area contributed by atoms with Gasteiger partial charge in [0.2, 0.25) is 0 Å². The lowest BCUT2D eigenvalue weighted by atomic mass is 10.1. The van der Waals surface area contributed by atoms with Crippen LogP contribution in [-0.2, 0) is 4.84 Å². The predicted octanol–water partition coefficient (Wildman–Crippen LogP) is 2.38. The van der Waals surface area contributed by atoms with Crippen LogP contribution in [0.3, 0.4) is 0 Å². The van der Waals surface area contributed by atoms with Gasteiger partial charge in [-0.3, -0.25) is 5.48 Å². The molecule has 2 N–H and O–H groups in total. The van der Waals surface area contributed by atoms with E-state index in [9.17, 15) is 18.3 Å². The fraction of sp³-hybridized carbons (Fsp3) is 0.231. The number of halogens is 3. The lowest BCUT2D eigenvalue weighted by molar-refractivity contribution is -0.346. The number of allylic oxidation sites excluding steroid dienone is 1. The molecule has 0 saturated carbocycles. The van der Waals surface area contributed by atoms with Crippen molar-refractivity contribution in [2.45, 2.75) is 12.0 Å². The topological polar surface area (TPSA) is 50.7 Å². The largest absolute Gasteiger partial charge is 0.497 e. The number of rotatable bonds is 3. The second-order valence-corrected chi connectivity index (χ2v) is 4.10. The van der Waals surface area contributed by atoms with Crippen molar-refractivity contribution in [2.24, 2.45) is 0 Å². The standard InChI is InChI=1S/C13H12F3NO3/c1-19-11-6-3-9(4-7-11)2-5-10-8-12(18,20-17-10)13(14,15)16/h2-8,17-18H,1H3. The van der Waals surface area contributed by atoms with Crippen LogP contribution in [0.25, 0.3) is 6.08 Å². The van der Waals surface area contributed by atoms with Gasteiger partial charge >= 0.3 is 12.0 Å². The number of hydrogen-bond acceptors (Lipinski definition) is 4. The van der Waals surface area contributed by atoms with Gasteiger partial charge in [-0.25, -0.2) is 4.84 Å². The van der Waals surface area contributed by atoms with Gasteiger partial charge in [0.1, 0.15) is 5.75 Å². The summed E-state index contributed by atoms with van der Waals surface area (Å²) < 4.78 is 42.4. The highest BCUT2D eigenvalue weighted by Gasteiger charge is 2.57. The Kier molecular flexibility index (Phi) is 3.74. The fourth-order valence-electron chi connectivity index (χ4n) is 1.53. The minimum absolute atomic E-state index is 0.0145. The Hall–Kier alpha value is -1.99. The van der Waals surface area contributed by atoms with Crippen LogP contribution in [0.15, 0.2) is 42.1 Å². The lowest BCUT2D eigenvalue weighted by Crippen LogP contribution is -2.45. The van der Waals surface area contributed by atoms with Gasteiger partial charge in [0, 0.05) is 6.08 Å². The van der Waals surface area contributed by atoms with E-state index in [0.29, 0.717) is 11.8 Å². The lowest BCUT2D eigenvalue weighted by Gasteiger charge is -2.21. The van der Waals surface area contributed by atoms with E-state index >= 15 is 0 Å². The molecule has 1 aliphatic heterocycles. The molecule has 7 heteroatoms. The van der Waals surface area contributed by atoms with Crippen LogP contribution >= 0.6 is 0 Å². The molecule has 0 radical (unpaired) electrons. The monoisotopic (exact) mass is 287 g/mol. The molecule has 0 saturated heterocycles. The molecule has 2 rings (SSSR count). The van der Waals surface area contributed by atoms with Gasteiger partial charge in [-0.05, 0) is 23.8 Å². The molecule has 20 heavy (non-hydrogen) atoms. The van der Waals surface area contributed by atoms with Crippen molar-refractivity contribution in [3.05, 3.63) is 47.7 Å². The molecular weight excluding hydrogens is 275 g/mol. The molecule has 4 nitrogen and oxygen atoms in total. The molecule has 0 amide bonds. The first-order chi connectivity index (χ1) is 9.34. The van der Waals surface area contributed by atoms with Crippen LogP contribution in [0.1, 0.15) is 5.56 Å². The smallest absolute Gasteiger partial charge is 0.449 e. The van der Waals surface area contributed by atoms with Crippen molar-refractivity contribution in [1.29, 1.82) is 0 Å². The Bertz CT molecular complexity index is 537. The van der Waals surface area contributed by atoms with E-state index in [-0.39, 0.29) is 5.70 Å². The van der Waals surface area contributed by atoms with Gasteiger partial charge in [-0.1, -0.05) is 18.2 Å². The number of methoxy groups -OCH3 is 1. The van der Waals surface area contributed by atoms with Crippen molar-refractivity contribution >= 4 is 6.08 Å². The number of hydrogen-bond donors (Lipinski definition) is 2. The highest BCUT2D eigenvalue weighted by molar-refractivity contribution is 5.54. The van der Waals surface area contributed by atoms with Crippen LogP contribution in [-0.4, -0.2) is 24.2 Å². The van der Waals surface area contributed by atoms with Crippen LogP contribution in [0.4, 0.5) is 13.2 Å². The highest BCUT2D eigenvalue weighted by Crippen LogP contribution is 2.35. The van der Waals surface area contributed by atoms with Crippen LogP contribution in [0, 0.1) is 0 Å². The summed E-state index contributed by atoms with van der Waals surface area (Å²) in [7, 11) is 1.54. The summed E-state index contributed by atoms with van der Waals surface area (Å²) in [5.74, 6) is -2.62. The van der Waals surface area contributed by atoms with Gasteiger partial charge < -0.3 is 9.84 Å². The minimum Gasteiger partial charge on any atom is -0.497 e. The number of nitrogens with one attached hydrogen (secondary N) is 1. The quantitative estimate of drug-likeness (QED) is 0.896. The summed E-state index contributed by atoms with van der Waals surface area (Å²) in [4.78, 5) is 4.16. The molecule has 0 aromatic heterocycles. The van der Waals surface area contributed by atoms with E-state index in [1.165, 1.54) is 13.2 Å². The highest BCUT2D eigenvalue weighted by atomic mass is 19.4. The van der Waals surface area contributed by atoms with E-state index in [1.807, 2.05) is 5.48 Å². The third-order valence-electron chi connectivity index (χ3n) is 2.65. The first kappa shape index (κ1) is 14.4. The molecule has 0 fully saturated rings. The Morgan fingerprint density at radius 3 is 2.40 bits per heavy atom. The van der Waals surface area contributed by atoms with E-state index in [0.717, 1.165) is 5.56 Å². The van der Waals surface area contributed by atoms with Crippen molar-refractivity contribution in [2.75, 3.05) is 7.11 Å². The molecule has 0 spiro atoms. The molecule has 1 unspecified atom stereocenters. The van der Waals surface area contributed by atoms with Crippen LogP contribution < -0.4 is 10.2 Å². The van der Waals surface area contributed by atoms with E-state index in [4.69, 9.17) is 4.74 Å². The third-order valence-corrected chi connectivity index (χ3v) is 2.65. The van der Waals surface area contributed by atoms with Crippen LogP contribution in [0.5, 0.6) is 5.75 Å². The zero-order valence-electron chi connectivity index (χ0n) is 10.4.